The van der Waals surface area contributed by atoms with Crippen LogP contribution in [0, 0.1) is 12.8 Å². The first-order valence-corrected chi connectivity index (χ1v) is 11.7. The first-order chi connectivity index (χ1) is 15.9. The molecule has 176 valence electrons. The number of halogens is 1. The number of ether oxygens (including phenoxy) is 1. The van der Waals surface area contributed by atoms with E-state index in [-0.39, 0.29) is 17.8 Å². The van der Waals surface area contributed by atoms with Crippen molar-refractivity contribution in [3.05, 3.63) is 69.7 Å². The highest BCUT2D eigenvalue weighted by Gasteiger charge is 2.24. The molecule has 2 N–H and O–H groups in total. The van der Waals surface area contributed by atoms with Gasteiger partial charge in [0.1, 0.15) is 0 Å². The van der Waals surface area contributed by atoms with Gasteiger partial charge in [-0.05, 0) is 79.8 Å². The van der Waals surface area contributed by atoms with Crippen molar-refractivity contribution in [3.63, 3.8) is 0 Å². The third kappa shape index (κ3) is 7.06. The predicted molar refractivity (Wildman–Crippen MR) is 129 cm³/mol. The Kier molecular flexibility index (Phi) is 8.89. The lowest BCUT2D eigenvalue weighted by molar-refractivity contribution is -0.142. The lowest BCUT2D eigenvalue weighted by Gasteiger charge is -2.28. The lowest BCUT2D eigenvalue weighted by atomic mass is 9.77. The minimum absolute atomic E-state index is 0.132. The van der Waals surface area contributed by atoms with Crippen molar-refractivity contribution in [2.75, 3.05) is 20.2 Å². The summed E-state index contributed by atoms with van der Waals surface area (Å²) in [6.07, 6.45) is 4.62. The molecule has 0 atom stereocenters. The summed E-state index contributed by atoms with van der Waals surface area (Å²) in [6.45, 7) is 2.53. The van der Waals surface area contributed by atoms with E-state index in [2.05, 4.69) is 10.6 Å². The quantitative estimate of drug-likeness (QED) is 0.434. The topological polar surface area (TPSA) is 84.5 Å². The van der Waals surface area contributed by atoms with Crippen molar-refractivity contribution in [2.45, 2.75) is 44.9 Å². The zero-order valence-electron chi connectivity index (χ0n) is 19.2. The Balaban J connectivity index is 1.41. The Hall–Kier alpha value is -2.86. The first-order valence-electron chi connectivity index (χ1n) is 11.4. The number of nitrogens with one attached hydrogen (secondary N) is 2. The van der Waals surface area contributed by atoms with Crippen molar-refractivity contribution in [3.8, 4) is 0 Å². The molecule has 1 fully saturated rings. The Labute approximate surface area is 200 Å². The van der Waals surface area contributed by atoms with Crippen LogP contribution in [0.2, 0.25) is 5.02 Å². The van der Waals surface area contributed by atoms with Gasteiger partial charge in [-0.1, -0.05) is 29.8 Å². The molecule has 0 bridgehead atoms. The fourth-order valence-corrected chi connectivity index (χ4v) is 4.40. The molecular formula is C26H31ClN2O4. The smallest absolute Gasteiger partial charge is 0.305 e. The molecule has 2 aromatic rings. The Morgan fingerprint density at radius 2 is 1.48 bits per heavy atom. The normalized spacial score (nSPS) is 17.8. The van der Waals surface area contributed by atoms with Crippen molar-refractivity contribution in [2.24, 2.45) is 5.92 Å². The molecule has 1 aliphatic rings. The maximum atomic E-state index is 12.4. The fourth-order valence-electron chi connectivity index (χ4n) is 4.22. The number of carbonyl (C=O) groups excluding carboxylic acids is 3. The first kappa shape index (κ1) is 24.8. The summed E-state index contributed by atoms with van der Waals surface area (Å²) in [5, 5.41) is 6.16. The highest BCUT2D eigenvalue weighted by molar-refractivity contribution is 6.31. The lowest BCUT2D eigenvalue weighted by Crippen LogP contribution is -2.34. The number of aryl methyl sites for hydroxylation is 1. The highest BCUT2D eigenvalue weighted by Crippen LogP contribution is 2.37. The van der Waals surface area contributed by atoms with Crippen molar-refractivity contribution in [1.82, 2.24) is 10.6 Å². The van der Waals surface area contributed by atoms with Gasteiger partial charge in [0.2, 0.25) is 0 Å². The largest absolute Gasteiger partial charge is 0.469 e. The molecule has 3 rings (SSSR count). The van der Waals surface area contributed by atoms with E-state index in [4.69, 9.17) is 16.3 Å². The standard InChI is InChI=1S/C26H31ClN2O4/c1-17-3-6-22(16-23(17)27)26(32)29-14-13-28-25(31)21-11-9-20(10-12-21)19-7-4-18(5-8-19)15-24(30)33-2/h3,6,9-12,16,18-19H,4-5,7-8,13-15H2,1-2H3,(H,28,31)(H,29,32). The molecular weight excluding hydrogens is 440 g/mol. The Morgan fingerprint density at radius 1 is 0.909 bits per heavy atom. The fraction of sp³-hybridized carbons (Fsp3) is 0.423. The Morgan fingerprint density at radius 3 is 2.06 bits per heavy atom. The number of carbonyl (C=O) groups is 3. The van der Waals surface area contributed by atoms with E-state index < -0.39 is 0 Å². The average molecular weight is 471 g/mol. The van der Waals surface area contributed by atoms with E-state index in [9.17, 15) is 14.4 Å². The van der Waals surface area contributed by atoms with Crippen LogP contribution in [0.15, 0.2) is 42.5 Å². The van der Waals surface area contributed by atoms with E-state index >= 15 is 0 Å². The van der Waals surface area contributed by atoms with E-state index in [0.29, 0.717) is 47.5 Å². The van der Waals surface area contributed by atoms with Crippen molar-refractivity contribution < 1.29 is 19.1 Å². The molecule has 0 radical (unpaired) electrons. The van der Waals surface area contributed by atoms with Gasteiger partial charge in [-0.25, -0.2) is 0 Å². The number of benzene rings is 2. The second kappa shape index (κ2) is 11.8. The molecule has 0 unspecified atom stereocenters. The molecule has 33 heavy (non-hydrogen) atoms. The highest BCUT2D eigenvalue weighted by atomic mass is 35.5. The number of esters is 1. The molecule has 0 aromatic heterocycles. The third-order valence-electron chi connectivity index (χ3n) is 6.30. The van der Waals surface area contributed by atoms with Crippen LogP contribution in [0.1, 0.15) is 69.9 Å². The number of amides is 2. The SMILES string of the molecule is COC(=O)CC1CCC(c2ccc(C(=O)NCCNC(=O)c3ccc(C)c(Cl)c3)cc2)CC1. The Bertz CT molecular complexity index is 982. The van der Waals surface area contributed by atoms with Gasteiger partial charge in [0.25, 0.3) is 11.8 Å². The van der Waals surface area contributed by atoms with Crippen molar-refractivity contribution >= 4 is 29.4 Å². The third-order valence-corrected chi connectivity index (χ3v) is 6.71. The van der Waals surface area contributed by atoms with E-state index in [0.717, 1.165) is 31.2 Å². The van der Waals surface area contributed by atoms with Crippen LogP contribution in [-0.2, 0) is 9.53 Å². The van der Waals surface area contributed by atoms with Crippen LogP contribution >= 0.6 is 11.6 Å². The van der Waals surface area contributed by atoms with Gasteiger partial charge in [0, 0.05) is 35.7 Å². The molecule has 7 heteroatoms. The van der Waals surface area contributed by atoms with Gasteiger partial charge in [-0.3, -0.25) is 14.4 Å². The van der Waals surface area contributed by atoms with Gasteiger partial charge in [-0.15, -0.1) is 0 Å². The second-order valence-corrected chi connectivity index (χ2v) is 9.00. The summed E-state index contributed by atoms with van der Waals surface area (Å²) in [7, 11) is 1.43. The van der Waals surface area contributed by atoms with E-state index in [1.54, 1.807) is 18.2 Å². The number of hydrogen-bond acceptors (Lipinski definition) is 4. The van der Waals surface area contributed by atoms with E-state index in [1.807, 2.05) is 31.2 Å². The summed E-state index contributed by atoms with van der Waals surface area (Å²) < 4.78 is 4.77. The molecule has 6 nitrogen and oxygen atoms in total. The van der Waals surface area contributed by atoms with Crippen LogP contribution in [0.3, 0.4) is 0 Å². The number of methoxy groups -OCH3 is 1. The van der Waals surface area contributed by atoms with Gasteiger partial charge < -0.3 is 15.4 Å². The molecule has 0 saturated heterocycles. The number of hydrogen-bond donors (Lipinski definition) is 2. The number of rotatable bonds is 8. The average Bonchev–Trinajstić information content (AvgIpc) is 2.83. The zero-order chi connectivity index (χ0) is 23.8. The molecule has 1 saturated carbocycles. The van der Waals surface area contributed by atoms with Crippen molar-refractivity contribution in [1.29, 1.82) is 0 Å². The molecule has 1 aliphatic carbocycles. The molecule has 0 aliphatic heterocycles. The molecule has 2 aromatic carbocycles. The summed E-state index contributed by atoms with van der Waals surface area (Å²) in [5.74, 6) is 0.337. The van der Waals surface area contributed by atoms with Gasteiger partial charge >= 0.3 is 5.97 Å². The van der Waals surface area contributed by atoms with Crippen LogP contribution in [-0.4, -0.2) is 38.0 Å². The maximum absolute atomic E-state index is 12.4. The second-order valence-electron chi connectivity index (χ2n) is 8.60. The molecule has 2 amide bonds. The molecule has 0 spiro atoms. The van der Waals surface area contributed by atoms with Gasteiger partial charge in [-0.2, -0.15) is 0 Å². The van der Waals surface area contributed by atoms with Crippen LogP contribution in [0.4, 0.5) is 0 Å². The van der Waals surface area contributed by atoms with Crippen LogP contribution in [0.25, 0.3) is 0 Å². The summed E-state index contributed by atoms with van der Waals surface area (Å²) in [6, 6.07) is 12.9. The van der Waals surface area contributed by atoms with E-state index in [1.165, 1.54) is 12.7 Å². The molecule has 0 heterocycles. The minimum atomic E-state index is -0.225. The van der Waals surface area contributed by atoms with Gasteiger partial charge in [0.05, 0.1) is 7.11 Å². The monoisotopic (exact) mass is 470 g/mol. The van der Waals surface area contributed by atoms with Gasteiger partial charge in [0.15, 0.2) is 0 Å². The minimum Gasteiger partial charge on any atom is -0.469 e. The zero-order valence-corrected chi connectivity index (χ0v) is 19.9. The summed E-state index contributed by atoms with van der Waals surface area (Å²) in [4.78, 5) is 36.1. The predicted octanol–water partition coefficient (Wildman–Crippen LogP) is 4.65. The summed E-state index contributed by atoms with van der Waals surface area (Å²) >= 11 is 6.07. The summed E-state index contributed by atoms with van der Waals surface area (Å²) in [5.41, 5.74) is 3.23. The van der Waals surface area contributed by atoms with Crippen LogP contribution < -0.4 is 10.6 Å². The van der Waals surface area contributed by atoms with Crippen LogP contribution in [0.5, 0.6) is 0 Å². The maximum Gasteiger partial charge on any atom is 0.305 e.